The molecule has 0 heterocycles. The highest BCUT2D eigenvalue weighted by Gasteiger charge is 2.14. The summed E-state index contributed by atoms with van der Waals surface area (Å²) in [5.74, 6) is -0.184. The molecule has 3 N–H and O–H groups in total. The van der Waals surface area contributed by atoms with Gasteiger partial charge in [-0.05, 0) is 42.8 Å². The lowest BCUT2D eigenvalue weighted by Gasteiger charge is -2.15. The monoisotopic (exact) mass is 396 g/mol. The number of benzene rings is 2. The van der Waals surface area contributed by atoms with Crippen molar-refractivity contribution in [2.75, 3.05) is 5.73 Å². The van der Waals surface area contributed by atoms with Gasteiger partial charge in [-0.3, -0.25) is 4.79 Å². The Kier molecular flexibility index (Phi) is 4.83. The topological polar surface area (TPSA) is 55.1 Å². The van der Waals surface area contributed by atoms with Gasteiger partial charge in [-0.2, -0.15) is 0 Å². The summed E-state index contributed by atoms with van der Waals surface area (Å²) in [6.07, 6.45) is 0. The Labute approximate surface area is 134 Å². The Morgan fingerprint density at radius 2 is 1.85 bits per heavy atom. The predicted octanol–water partition coefficient (Wildman–Crippen LogP) is 4.28. The first-order chi connectivity index (χ1) is 9.47. The molecule has 104 valence electrons. The lowest BCUT2D eigenvalue weighted by Crippen LogP contribution is -2.27. The molecule has 0 fully saturated rings. The number of hydrogen-bond acceptors (Lipinski definition) is 2. The van der Waals surface area contributed by atoms with Crippen LogP contribution in [0.2, 0.25) is 0 Å². The van der Waals surface area contributed by atoms with Crippen LogP contribution < -0.4 is 11.1 Å². The van der Waals surface area contributed by atoms with Gasteiger partial charge in [0.1, 0.15) is 0 Å². The fourth-order valence-corrected chi connectivity index (χ4v) is 2.64. The van der Waals surface area contributed by atoms with Crippen LogP contribution in [0, 0.1) is 0 Å². The van der Waals surface area contributed by atoms with Gasteiger partial charge in [0.25, 0.3) is 5.91 Å². The van der Waals surface area contributed by atoms with Crippen molar-refractivity contribution >= 4 is 43.5 Å². The van der Waals surface area contributed by atoms with Crippen LogP contribution in [0.4, 0.5) is 5.69 Å². The van der Waals surface area contributed by atoms with Gasteiger partial charge in [0.15, 0.2) is 0 Å². The maximum atomic E-state index is 12.3. The lowest BCUT2D eigenvalue weighted by atomic mass is 10.1. The number of nitrogens with two attached hydrogens (primary N) is 1. The standard InChI is InChI=1S/C15H14Br2N2O/c1-9(10-3-2-4-11(16)7-10)19-15(20)13-8-12(17)5-6-14(13)18/h2-9H,18H2,1H3,(H,19,20). The number of nitrogen functional groups attached to an aromatic ring is 1. The van der Waals surface area contributed by atoms with Crippen molar-refractivity contribution in [3.8, 4) is 0 Å². The Morgan fingerprint density at radius 3 is 2.55 bits per heavy atom. The second-order valence-corrected chi connectivity index (χ2v) is 6.31. The summed E-state index contributed by atoms with van der Waals surface area (Å²) >= 11 is 6.77. The Morgan fingerprint density at radius 1 is 1.15 bits per heavy atom. The minimum Gasteiger partial charge on any atom is -0.398 e. The largest absolute Gasteiger partial charge is 0.398 e. The molecule has 2 aromatic rings. The molecule has 3 nitrogen and oxygen atoms in total. The van der Waals surface area contributed by atoms with Crippen molar-refractivity contribution < 1.29 is 4.79 Å². The van der Waals surface area contributed by atoms with Crippen molar-refractivity contribution in [2.24, 2.45) is 0 Å². The molecule has 0 radical (unpaired) electrons. The highest BCUT2D eigenvalue weighted by molar-refractivity contribution is 9.10. The molecule has 1 unspecified atom stereocenters. The molecule has 0 aliphatic rings. The molecular formula is C15H14Br2N2O. The molecular weight excluding hydrogens is 384 g/mol. The van der Waals surface area contributed by atoms with Crippen LogP contribution in [0.15, 0.2) is 51.4 Å². The van der Waals surface area contributed by atoms with Crippen molar-refractivity contribution in [1.82, 2.24) is 5.32 Å². The first-order valence-corrected chi connectivity index (χ1v) is 7.67. The predicted molar refractivity (Wildman–Crippen MR) is 88.6 cm³/mol. The van der Waals surface area contributed by atoms with Crippen molar-refractivity contribution in [2.45, 2.75) is 13.0 Å². The smallest absolute Gasteiger partial charge is 0.253 e. The summed E-state index contributed by atoms with van der Waals surface area (Å²) in [6, 6.07) is 13.0. The van der Waals surface area contributed by atoms with Crippen LogP contribution in [0.3, 0.4) is 0 Å². The zero-order valence-corrected chi connectivity index (χ0v) is 14.0. The van der Waals surface area contributed by atoms with Crippen LogP contribution in [-0.4, -0.2) is 5.91 Å². The molecule has 1 atom stereocenters. The normalized spacial score (nSPS) is 11.9. The first-order valence-electron chi connectivity index (χ1n) is 6.08. The molecule has 0 saturated heterocycles. The second-order valence-electron chi connectivity index (χ2n) is 4.48. The summed E-state index contributed by atoms with van der Waals surface area (Å²) in [6.45, 7) is 1.94. The molecule has 1 amide bonds. The molecule has 0 aromatic heterocycles. The zero-order valence-electron chi connectivity index (χ0n) is 10.9. The van der Waals surface area contributed by atoms with E-state index in [4.69, 9.17) is 5.73 Å². The maximum Gasteiger partial charge on any atom is 0.253 e. The van der Waals surface area contributed by atoms with Gasteiger partial charge < -0.3 is 11.1 Å². The quantitative estimate of drug-likeness (QED) is 0.759. The van der Waals surface area contributed by atoms with E-state index in [1.54, 1.807) is 12.1 Å². The van der Waals surface area contributed by atoms with Gasteiger partial charge in [-0.25, -0.2) is 0 Å². The number of carbonyl (C=O) groups is 1. The average molecular weight is 398 g/mol. The van der Waals surface area contributed by atoms with E-state index in [1.807, 2.05) is 37.3 Å². The van der Waals surface area contributed by atoms with E-state index in [-0.39, 0.29) is 11.9 Å². The molecule has 0 spiro atoms. The van der Waals surface area contributed by atoms with Gasteiger partial charge in [-0.15, -0.1) is 0 Å². The highest BCUT2D eigenvalue weighted by atomic mass is 79.9. The third kappa shape index (κ3) is 3.61. The van der Waals surface area contributed by atoms with E-state index in [0.29, 0.717) is 11.3 Å². The third-order valence-corrected chi connectivity index (χ3v) is 3.94. The minimum atomic E-state index is -0.184. The van der Waals surface area contributed by atoms with E-state index in [9.17, 15) is 4.79 Å². The van der Waals surface area contributed by atoms with E-state index < -0.39 is 0 Å². The third-order valence-electron chi connectivity index (χ3n) is 2.96. The van der Waals surface area contributed by atoms with Crippen LogP contribution in [0.1, 0.15) is 28.9 Å². The van der Waals surface area contributed by atoms with Crippen LogP contribution in [0.25, 0.3) is 0 Å². The zero-order chi connectivity index (χ0) is 14.7. The van der Waals surface area contributed by atoms with Gasteiger partial charge in [0.05, 0.1) is 11.6 Å². The number of amides is 1. The van der Waals surface area contributed by atoms with Gasteiger partial charge in [-0.1, -0.05) is 44.0 Å². The SMILES string of the molecule is CC(NC(=O)c1cc(Br)ccc1N)c1cccc(Br)c1. The van der Waals surface area contributed by atoms with E-state index in [0.717, 1.165) is 14.5 Å². The summed E-state index contributed by atoms with van der Waals surface area (Å²) in [5, 5.41) is 2.95. The number of carbonyl (C=O) groups excluding carboxylic acids is 1. The lowest BCUT2D eigenvalue weighted by molar-refractivity contribution is 0.0940. The van der Waals surface area contributed by atoms with Crippen LogP contribution >= 0.6 is 31.9 Å². The van der Waals surface area contributed by atoms with Crippen LogP contribution in [-0.2, 0) is 0 Å². The van der Waals surface area contributed by atoms with E-state index in [2.05, 4.69) is 37.2 Å². The van der Waals surface area contributed by atoms with E-state index in [1.165, 1.54) is 0 Å². The fraction of sp³-hybridized carbons (Fsp3) is 0.133. The average Bonchev–Trinajstić information content (AvgIpc) is 2.41. The van der Waals surface area contributed by atoms with E-state index >= 15 is 0 Å². The second kappa shape index (κ2) is 6.41. The van der Waals surface area contributed by atoms with Crippen molar-refractivity contribution in [1.29, 1.82) is 0 Å². The molecule has 2 rings (SSSR count). The highest BCUT2D eigenvalue weighted by Crippen LogP contribution is 2.21. The van der Waals surface area contributed by atoms with Gasteiger partial charge in [0, 0.05) is 14.6 Å². The molecule has 0 aliphatic heterocycles. The number of rotatable bonds is 3. The Balaban J connectivity index is 2.17. The van der Waals surface area contributed by atoms with Crippen molar-refractivity contribution in [3.05, 3.63) is 62.5 Å². The summed E-state index contributed by atoms with van der Waals surface area (Å²) in [7, 11) is 0. The summed E-state index contributed by atoms with van der Waals surface area (Å²) in [4.78, 5) is 12.3. The Bertz CT molecular complexity index is 644. The number of nitrogens with one attached hydrogen (secondary N) is 1. The summed E-state index contributed by atoms with van der Waals surface area (Å²) < 4.78 is 1.81. The van der Waals surface area contributed by atoms with Gasteiger partial charge in [0.2, 0.25) is 0 Å². The number of halogens is 2. The molecule has 5 heteroatoms. The number of anilines is 1. The van der Waals surface area contributed by atoms with Crippen LogP contribution in [0.5, 0.6) is 0 Å². The molecule has 2 aromatic carbocycles. The minimum absolute atomic E-state index is 0.0987. The molecule has 0 saturated carbocycles. The molecule has 0 bridgehead atoms. The Hall–Kier alpha value is -1.33. The maximum absolute atomic E-state index is 12.3. The fourth-order valence-electron chi connectivity index (χ4n) is 1.86. The molecule has 0 aliphatic carbocycles. The van der Waals surface area contributed by atoms with Gasteiger partial charge >= 0.3 is 0 Å². The summed E-state index contributed by atoms with van der Waals surface area (Å²) in [5.41, 5.74) is 7.81. The molecule has 20 heavy (non-hydrogen) atoms. The number of hydrogen-bond donors (Lipinski definition) is 2. The van der Waals surface area contributed by atoms with Crippen molar-refractivity contribution in [3.63, 3.8) is 0 Å². The first kappa shape index (κ1) is 15.1.